The third-order valence-electron chi connectivity index (χ3n) is 3.70. The van der Waals surface area contributed by atoms with Crippen molar-refractivity contribution in [3.05, 3.63) is 35.4 Å². The summed E-state index contributed by atoms with van der Waals surface area (Å²) in [6, 6.07) is 7.69. The maximum absolute atomic E-state index is 12.0. The molecule has 1 aliphatic heterocycles. The fourth-order valence-electron chi connectivity index (χ4n) is 2.17. The summed E-state index contributed by atoms with van der Waals surface area (Å²) in [4.78, 5) is 12.0. The first-order valence-electron chi connectivity index (χ1n) is 7.13. The van der Waals surface area contributed by atoms with Crippen LogP contribution in [0.5, 0.6) is 0 Å². The van der Waals surface area contributed by atoms with Crippen molar-refractivity contribution in [2.45, 2.75) is 51.7 Å². The van der Waals surface area contributed by atoms with Crippen molar-refractivity contribution in [3.8, 4) is 0 Å². The minimum absolute atomic E-state index is 0.289. The van der Waals surface area contributed by atoms with E-state index in [0.29, 0.717) is 18.1 Å². The van der Waals surface area contributed by atoms with Gasteiger partial charge < -0.3 is 9.47 Å². The zero-order valence-corrected chi connectivity index (χ0v) is 11.7. The van der Waals surface area contributed by atoms with Crippen LogP contribution in [0.1, 0.15) is 61.4 Å². The fourth-order valence-corrected chi connectivity index (χ4v) is 2.17. The minimum atomic E-state index is -0.365. The molecule has 0 aromatic heterocycles. The second kappa shape index (κ2) is 6.71. The van der Waals surface area contributed by atoms with E-state index in [1.54, 1.807) is 0 Å². The number of benzene rings is 1. The second-order valence-corrected chi connectivity index (χ2v) is 5.13. The molecule has 1 aromatic rings. The Morgan fingerprint density at radius 2 is 2.11 bits per heavy atom. The van der Waals surface area contributed by atoms with Crippen molar-refractivity contribution >= 4 is 5.97 Å². The van der Waals surface area contributed by atoms with Gasteiger partial charge in [0.25, 0.3) is 0 Å². The Hall–Kier alpha value is -1.35. The van der Waals surface area contributed by atoms with Gasteiger partial charge in [-0.25, -0.2) is 4.79 Å². The van der Waals surface area contributed by atoms with Gasteiger partial charge in [0, 0.05) is 6.42 Å². The molecule has 1 fully saturated rings. The van der Waals surface area contributed by atoms with Crippen LogP contribution in [-0.2, 0) is 9.47 Å². The lowest BCUT2D eigenvalue weighted by atomic mass is 9.98. The average Bonchev–Trinajstić information content (AvgIpc) is 2.47. The van der Waals surface area contributed by atoms with Crippen LogP contribution >= 0.6 is 0 Å². The number of rotatable bonds is 4. The highest BCUT2D eigenvalue weighted by molar-refractivity contribution is 5.89. The lowest BCUT2D eigenvalue weighted by molar-refractivity contribution is -0.130. The Morgan fingerprint density at radius 3 is 2.68 bits per heavy atom. The van der Waals surface area contributed by atoms with Crippen molar-refractivity contribution in [2.75, 3.05) is 6.61 Å². The molecular formula is C16H22O3. The van der Waals surface area contributed by atoms with Gasteiger partial charge in [0.15, 0.2) is 0 Å². The van der Waals surface area contributed by atoms with Gasteiger partial charge in [-0.2, -0.15) is 0 Å². The van der Waals surface area contributed by atoms with Crippen LogP contribution in [0.15, 0.2) is 24.3 Å². The summed E-state index contributed by atoms with van der Waals surface area (Å²) in [7, 11) is 0. The Bertz CT molecular complexity index is 405. The molecule has 0 N–H and O–H groups in total. The molecule has 2 atom stereocenters. The Morgan fingerprint density at radius 1 is 1.37 bits per heavy atom. The third-order valence-corrected chi connectivity index (χ3v) is 3.70. The molecule has 3 heteroatoms. The van der Waals surface area contributed by atoms with E-state index in [9.17, 15) is 4.79 Å². The van der Waals surface area contributed by atoms with Gasteiger partial charge >= 0.3 is 5.97 Å². The van der Waals surface area contributed by atoms with E-state index in [1.807, 2.05) is 24.3 Å². The quantitative estimate of drug-likeness (QED) is 0.772. The Kier molecular flexibility index (Phi) is 4.97. The van der Waals surface area contributed by atoms with Crippen LogP contribution in [-0.4, -0.2) is 18.9 Å². The molecule has 3 nitrogen and oxygen atoms in total. The highest BCUT2D eigenvalue weighted by Crippen LogP contribution is 2.20. The van der Waals surface area contributed by atoms with Crippen molar-refractivity contribution in [1.82, 2.24) is 0 Å². The van der Waals surface area contributed by atoms with Crippen molar-refractivity contribution in [2.24, 2.45) is 0 Å². The van der Waals surface area contributed by atoms with Crippen LogP contribution in [0.25, 0.3) is 0 Å². The van der Waals surface area contributed by atoms with E-state index in [-0.39, 0.29) is 12.3 Å². The average molecular weight is 262 g/mol. The summed E-state index contributed by atoms with van der Waals surface area (Å²) >= 11 is 0. The summed E-state index contributed by atoms with van der Waals surface area (Å²) in [5.74, 6) is 0.231. The molecule has 104 valence electrons. The van der Waals surface area contributed by atoms with E-state index in [4.69, 9.17) is 9.47 Å². The SMILES string of the molecule is CCC(C)c1ccc(C(=O)OC2CCCCO2)cc1. The molecule has 1 aliphatic rings. The lowest BCUT2D eigenvalue weighted by Crippen LogP contribution is -2.25. The maximum atomic E-state index is 12.0. The molecule has 2 unspecified atom stereocenters. The predicted molar refractivity (Wildman–Crippen MR) is 74.2 cm³/mol. The van der Waals surface area contributed by atoms with Crippen LogP contribution in [0.4, 0.5) is 0 Å². The van der Waals surface area contributed by atoms with Crippen LogP contribution in [0, 0.1) is 0 Å². The van der Waals surface area contributed by atoms with Gasteiger partial charge in [0.1, 0.15) is 0 Å². The van der Waals surface area contributed by atoms with Crippen molar-refractivity contribution < 1.29 is 14.3 Å². The predicted octanol–water partition coefficient (Wildman–Crippen LogP) is 3.88. The molecule has 0 aliphatic carbocycles. The topological polar surface area (TPSA) is 35.5 Å². The Balaban J connectivity index is 1.95. The number of ether oxygens (including phenoxy) is 2. The molecule has 0 saturated carbocycles. The smallest absolute Gasteiger partial charge is 0.340 e. The summed E-state index contributed by atoms with van der Waals surface area (Å²) < 4.78 is 10.7. The fraction of sp³-hybridized carbons (Fsp3) is 0.562. The number of carbonyl (C=O) groups excluding carboxylic acids is 1. The van der Waals surface area contributed by atoms with E-state index < -0.39 is 0 Å². The molecule has 0 amide bonds. The molecule has 2 rings (SSSR count). The lowest BCUT2D eigenvalue weighted by Gasteiger charge is -2.22. The van der Waals surface area contributed by atoms with Gasteiger partial charge in [0.2, 0.25) is 6.29 Å². The van der Waals surface area contributed by atoms with Crippen molar-refractivity contribution in [1.29, 1.82) is 0 Å². The zero-order valence-electron chi connectivity index (χ0n) is 11.7. The summed E-state index contributed by atoms with van der Waals surface area (Å²) in [6.45, 7) is 5.03. The van der Waals surface area contributed by atoms with E-state index in [0.717, 1.165) is 25.7 Å². The van der Waals surface area contributed by atoms with E-state index in [1.165, 1.54) is 5.56 Å². The molecule has 1 heterocycles. The highest BCUT2D eigenvalue weighted by atomic mass is 16.7. The molecule has 0 bridgehead atoms. The summed E-state index contributed by atoms with van der Waals surface area (Å²) in [6.07, 6.45) is 3.65. The summed E-state index contributed by atoms with van der Waals surface area (Å²) in [5.41, 5.74) is 1.86. The monoisotopic (exact) mass is 262 g/mol. The zero-order chi connectivity index (χ0) is 13.7. The van der Waals surface area contributed by atoms with Gasteiger partial charge in [-0.05, 0) is 42.9 Å². The number of hydrogen-bond acceptors (Lipinski definition) is 3. The first kappa shape index (κ1) is 14.1. The number of hydrogen-bond donors (Lipinski definition) is 0. The van der Waals surface area contributed by atoms with Crippen molar-refractivity contribution in [3.63, 3.8) is 0 Å². The van der Waals surface area contributed by atoms with E-state index in [2.05, 4.69) is 13.8 Å². The van der Waals surface area contributed by atoms with E-state index >= 15 is 0 Å². The van der Waals surface area contributed by atoms with Gasteiger partial charge in [-0.15, -0.1) is 0 Å². The van der Waals surface area contributed by atoms with Gasteiger partial charge in [-0.3, -0.25) is 0 Å². The van der Waals surface area contributed by atoms with Crippen LogP contribution < -0.4 is 0 Å². The Labute approximate surface area is 114 Å². The molecule has 1 aromatic carbocycles. The summed E-state index contributed by atoms with van der Waals surface area (Å²) in [5, 5.41) is 0. The van der Waals surface area contributed by atoms with Gasteiger partial charge in [-0.1, -0.05) is 26.0 Å². The maximum Gasteiger partial charge on any atom is 0.340 e. The first-order chi connectivity index (χ1) is 9.20. The van der Waals surface area contributed by atoms with Crippen LogP contribution in [0.3, 0.4) is 0 Å². The van der Waals surface area contributed by atoms with Gasteiger partial charge in [0.05, 0.1) is 12.2 Å². The normalized spacial score (nSPS) is 20.8. The molecule has 19 heavy (non-hydrogen) atoms. The molecular weight excluding hydrogens is 240 g/mol. The highest BCUT2D eigenvalue weighted by Gasteiger charge is 2.19. The standard InChI is InChI=1S/C16H22O3/c1-3-12(2)13-7-9-14(10-8-13)16(17)19-15-6-4-5-11-18-15/h7-10,12,15H,3-6,11H2,1-2H3. The number of esters is 1. The molecule has 0 radical (unpaired) electrons. The minimum Gasteiger partial charge on any atom is -0.432 e. The van der Waals surface area contributed by atoms with Crippen LogP contribution in [0.2, 0.25) is 0 Å². The second-order valence-electron chi connectivity index (χ2n) is 5.13. The molecule has 0 spiro atoms. The number of carbonyl (C=O) groups is 1. The first-order valence-corrected chi connectivity index (χ1v) is 7.13. The molecule has 1 saturated heterocycles. The largest absolute Gasteiger partial charge is 0.432 e. The third kappa shape index (κ3) is 3.80.